The Labute approximate surface area is 122 Å². The molecule has 0 saturated carbocycles. The average Bonchev–Trinajstić information content (AvgIpc) is 2.37. The molecule has 0 radical (unpaired) electrons. The largest absolute Gasteiger partial charge is 0.373 e. The van der Waals surface area contributed by atoms with Crippen LogP contribution in [0, 0.1) is 5.92 Å². The van der Waals surface area contributed by atoms with Gasteiger partial charge in [-0.3, -0.25) is 0 Å². The molecule has 6 nitrogen and oxygen atoms in total. The summed E-state index contributed by atoms with van der Waals surface area (Å²) < 4.78 is 34.6. The topological polar surface area (TPSA) is 75.9 Å². The van der Waals surface area contributed by atoms with E-state index < -0.39 is 10.2 Å². The number of nitrogens with zero attached hydrogens (tertiary/aromatic N) is 2. The standard InChI is InChI=1S/C13H27N3O3S/c1-10-5-4-6-16(13(10)7-14)20(17,18)15-8-11(2)19-12(3)9-15/h10-13H,4-9,14H2,1-3H3/t10-,11-,12+,13+/m0/s1. The predicted octanol–water partition coefficient (Wildman–Crippen LogP) is 0.400. The summed E-state index contributed by atoms with van der Waals surface area (Å²) in [7, 11) is -3.44. The summed E-state index contributed by atoms with van der Waals surface area (Å²) in [6.45, 7) is 7.73. The maximum Gasteiger partial charge on any atom is 0.282 e. The van der Waals surface area contributed by atoms with E-state index in [1.807, 2.05) is 13.8 Å². The van der Waals surface area contributed by atoms with Crippen LogP contribution in [-0.4, -0.2) is 61.5 Å². The summed E-state index contributed by atoms with van der Waals surface area (Å²) in [4.78, 5) is 0. The zero-order valence-electron chi connectivity index (χ0n) is 12.7. The van der Waals surface area contributed by atoms with Crippen molar-refractivity contribution < 1.29 is 13.2 Å². The van der Waals surface area contributed by atoms with Crippen molar-refractivity contribution in [3.8, 4) is 0 Å². The Morgan fingerprint density at radius 2 is 1.80 bits per heavy atom. The SMILES string of the molecule is C[C@@H]1CN(S(=O)(=O)N2CCC[C@H](C)[C@H]2CN)C[C@H](C)O1. The van der Waals surface area contributed by atoms with Gasteiger partial charge in [0.15, 0.2) is 0 Å². The van der Waals surface area contributed by atoms with E-state index in [4.69, 9.17) is 10.5 Å². The monoisotopic (exact) mass is 305 g/mol. The van der Waals surface area contributed by atoms with Gasteiger partial charge in [0.1, 0.15) is 0 Å². The second-order valence-electron chi connectivity index (χ2n) is 6.12. The van der Waals surface area contributed by atoms with Crippen LogP contribution in [0.5, 0.6) is 0 Å². The van der Waals surface area contributed by atoms with Crippen LogP contribution in [-0.2, 0) is 14.9 Å². The highest BCUT2D eigenvalue weighted by molar-refractivity contribution is 7.86. The molecule has 0 spiro atoms. The van der Waals surface area contributed by atoms with E-state index in [0.29, 0.717) is 32.1 Å². The Morgan fingerprint density at radius 3 is 2.35 bits per heavy atom. The summed E-state index contributed by atoms with van der Waals surface area (Å²) in [5.74, 6) is 0.319. The first kappa shape index (κ1) is 16.2. The lowest BCUT2D eigenvalue weighted by atomic mass is 9.93. The molecule has 2 fully saturated rings. The lowest BCUT2D eigenvalue weighted by Gasteiger charge is -2.43. The minimum atomic E-state index is -3.44. The molecule has 2 rings (SSSR count). The number of ether oxygens (including phenoxy) is 1. The molecule has 0 amide bonds. The third-order valence-corrected chi connectivity index (χ3v) is 6.31. The van der Waals surface area contributed by atoms with Crippen LogP contribution in [0.4, 0.5) is 0 Å². The van der Waals surface area contributed by atoms with Crippen molar-refractivity contribution in [2.75, 3.05) is 26.2 Å². The van der Waals surface area contributed by atoms with Gasteiger partial charge in [-0.15, -0.1) is 0 Å². The smallest absolute Gasteiger partial charge is 0.282 e. The molecule has 2 aliphatic rings. The first-order chi connectivity index (χ1) is 9.36. The fraction of sp³-hybridized carbons (Fsp3) is 1.00. The molecule has 2 aliphatic heterocycles. The molecule has 2 saturated heterocycles. The van der Waals surface area contributed by atoms with Crippen molar-refractivity contribution in [3.63, 3.8) is 0 Å². The van der Waals surface area contributed by atoms with Crippen LogP contribution in [0.15, 0.2) is 0 Å². The number of nitrogens with two attached hydrogens (primary N) is 1. The Morgan fingerprint density at radius 1 is 1.20 bits per heavy atom. The van der Waals surface area contributed by atoms with Crippen molar-refractivity contribution in [2.45, 2.75) is 51.9 Å². The van der Waals surface area contributed by atoms with Gasteiger partial charge in [-0.2, -0.15) is 17.0 Å². The van der Waals surface area contributed by atoms with Gasteiger partial charge in [-0.05, 0) is 32.6 Å². The Bertz CT molecular complexity index is 419. The first-order valence-electron chi connectivity index (χ1n) is 7.48. The van der Waals surface area contributed by atoms with Gasteiger partial charge >= 0.3 is 0 Å². The molecule has 4 atom stereocenters. The van der Waals surface area contributed by atoms with E-state index in [-0.39, 0.29) is 18.2 Å². The van der Waals surface area contributed by atoms with Crippen molar-refractivity contribution in [3.05, 3.63) is 0 Å². The Kier molecular flexibility index (Phi) is 5.07. The van der Waals surface area contributed by atoms with E-state index in [1.165, 1.54) is 0 Å². The zero-order valence-corrected chi connectivity index (χ0v) is 13.5. The van der Waals surface area contributed by atoms with Crippen molar-refractivity contribution in [1.82, 2.24) is 8.61 Å². The fourth-order valence-corrected chi connectivity index (χ4v) is 5.40. The Hall–Kier alpha value is -0.210. The average molecular weight is 305 g/mol. The van der Waals surface area contributed by atoms with Crippen LogP contribution in [0.2, 0.25) is 0 Å². The van der Waals surface area contributed by atoms with Crippen LogP contribution >= 0.6 is 0 Å². The molecule has 7 heteroatoms. The Balaban J connectivity index is 2.20. The normalized spacial score (nSPS) is 38.0. The lowest BCUT2D eigenvalue weighted by molar-refractivity contribution is -0.0462. The van der Waals surface area contributed by atoms with Gasteiger partial charge < -0.3 is 10.5 Å². The number of hydrogen-bond acceptors (Lipinski definition) is 4. The zero-order chi connectivity index (χ0) is 14.9. The predicted molar refractivity (Wildman–Crippen MR) is 78.4 cm³/mol. The summed E-state index contributed by atoms with van der Waals surface area (Å²) in [5.41, 5.74) is 5.82. The highest BCUT2D eigenvalue weighted by atomic mass is 32.2. The van der Waals surface area contributed by atoms with Crippen LogP contribution < -0.4 is 5.73 Å². The quantitative estimate of drug-likeness (QED) is 0.819. The molecule has 0 unspecified atom stereocenters. The second-order valence-corrected chi connectivity index (χ2v) is 8.00. The minimum Gasteiger partial charge on any atom is -0.373 e. The molecular weight excluding hydrogens is 278 g/mol. The van der Waals surface area contributed by atoms with Crippen LogP contribution in [0.3, 0.4) is 0 Å². The van der Waals surface area contributed by atoms with Crippen molar-refractivity contribution in [1.29, 1.82) is 0 Å². The highest BCUT2D eigenvalue weighted by Crippen LogP contribution is 2.28. The number of morpholine rings is 1. The van der Waals surface area contributed by atoms with Gasteiger partial charge in [0.2, 0.25) is 0 Å². The summed E-state index contributed by atoms with van der Waals surface area (Å²) in [5, 5.41) is 0. The number of piperidine rings is 1. The van der Waals surface area contributed by atoms with Crippen molar-refractivity contribution >= 4 is 10.2 Å². The van der Waals surface area contributed by atoms with Gasteiger partial charge in [-0.1, -0.05) is 6.92 Å². The van der Waals surface area contributed by atoms with E-state index in [0.717, 1.165) is 12.8 Å². The number of rotatable bonds is 3. The maximum absolute atomic E-state index is 12.9. The summed E-state index contributed by atoms with van der Waals surface area (Å²) >= 11 is 0. The molecule has 0 aromatic carbocycles. The number of hydrogen-bond donors (Lipinski definition) is 1. The fourth-order valence-electron chi connectivity index (χ4n) is 3.31. The lowest BCUT2D eigenvalue weighted by Crippen LogP contribution is -2.59. The van der Waals surface area contributed by atoms with E-state index in [2.05, 4.69) is 6.92 Å². The molecule has 0 bridgehead atoms. The molecule has 0 aromatic rings. The first-order valence-corrected chi connectivity index (χ1v) is 8.88. The van der Waals surface area contributed by atoms with Gasteiger partial charge in [-0.25, -0.2) is 0 Å². The van der Waals surface area contributed by atoms with Crippen molar-refractivity contribution in [2.24, 2.45) is 11.7 Å². The minimum absolute atomic E-state index is 0.0629. The molecular formula is C13H27N3O3S. The molecule has 2 heterocycles. The molecule has 0 aliphatic carbocycles. The van der Waals surface area contributed by atoms with E-state index in [9.17, 15) is 8.42 Å². The third kappa shape index (κ3) is 3.17. The van der Waals surface area contributed by atoms with Gasteiger partial charge in [0, 0.05) is 32.2 Å². The second kappa shape index (κ2) is 6.27. The maximum atomic E-state index is 12.9. The summed E-state index contributed by atoms with van der Waals surface area (Å²) in [6, 6.07) is -0.0813. The van der Waals surface area contributed by atoms with Crippen LogP contribution in [0.1, 0.15) is 33.6 Å². The van der Waals surface area contributed by atoms with Gasteiger partial charge in [0.25, 0.3) is 10.2 Å². The van der Waals surface area contributed by atoms with Gasteiger partial charge in [0.05, 0.1) is 12.2 Å². The third-order valence-electron chi connectivity index (χ3n) is 4.31. The molecule has 20 heavy (non-hydrogen) atoms. The van der Waals surface area contributed by atoms with E-state index in [1.54, 1.807) is 8.61 Å². The van der Waals surface area contributed by atoms with E-state index >= 15 is 0 Å². The molecule has 118 valence electrons. The molecule has 2 N–H and O–H groups in total. The molecule has 0 aromatic heterocycles. The highest BCUT2D eigenvalue weighted by Gasteiger charge is 2.41. The van der Waals surface area contributed by atoms with Crippen LogP contribution in [0.25, 0.3) is 0 Å². The summed E-state index contributed by atoms with van der Waals surface area (Å²) in [6.07, 6.45) is 1.83.